The minimum atomic E-state index is -0.446. The topological polar surface area (TPSA) is 78.1 Å². The molecule has 0 heterocycles. The van der Waals surface area contributed by atoms with Crippen LogP contribution in [0, 0.1) is 0 Å². The molecule has 4 rings (SSSR count). The summed E-state index contributed by atoms with van der Waals surface area (Å²) in [6.07, 6.45) is 2.81. The van der Waals surface area contributed by atoms with Gasteiger partial charge in [0, 0.05) is 18.1 Å². The van der Waals surface area contributed by atoms with E-state index in [-0.39, 0.29) is 67.8 Å². The number of benzene rings is 3. The number of hydrogen-bond acceptors (Lipinski definition) is 3. The van der Waals surface area contributed by atoms with Crippen molar-refractivity contribution in [1.82, 2.24) is 0 Å². The average molecular weight is 648 g/mol. The van der Waals surface area contributed by atoms with Crippen molar-refractivity contribution in [2.75, 3.05) is 5.34 Å². The standard InChI is InChI=1S/C18H15P.C6H15N3.CH2Cl2.2ClH.Ru/c1-4-10-16(11-5-1)19(17-12-6-2-7-13-17)18-14-8-3-9-15-18;7-4-1-5(8)3-6(9)2-4;2-1-3;;;/h1-15H;4-6H,1-3,7-9H2;1H2;2*1H;/q;;;;;+2/p-2. The molecular weight excluding hydrogens is 616 g/mol. The molecule has 0 radical (unpaired) electrons. The summed E-state index contributed by atoms with van der Waals surface area (Å²) in [5.74, 6) is 0. The monoisotopic (exact) mass is 647 g/mol. The zero-order valence-electron chi connectivity index (χ0n) is 18.8. The first-order valence-corrected chi connectivity index (χ1v) is 12.8. The summed E-state index contributed by atoms with van der Waals surface area (Å²) in [5, 5.41) is 4.39. The fourth-order valence-corrected chi connectivity index (χ4v) is 5.94. The summed E-state index contributed by atoms with van der Waals surface area (Å²) in [5.41, 5.74) is 17.0. The van der Waals surface area contributed by atoms with Crippen LogP contribution < -0.4 is 57.9 Å². The van der Waals surface area contributed by atoms with Crippen LogP contribution in [0.15, 0.2) is 91.0 Å². The Kier molecular flexibility index (Phi) is 22.1. The number of alkyl halides is 2. The van der Waals surface area contributed by atoms with Gasteiger partial charge in [-0.25, -0.2) is 0 Å². The summed E-state index contributed by atoms with van der Waals surface area (Å²) in [4.78, 5) is 0. The predicted molar refractivity (Wildman–Crippen MR) is 139 cm³/mol. The van der Waals surface area contributed by atoms with E-state index in [0.29, 0.717) is 0 Å². The van der Waals surface area contributed by atoms with Crippen molar-refractivity contribution < 1.29 is 44.3 Å². The second-order valence-corrected chi connectivity index (χ2v) is 10.5. The van der Waals surface area contributed by atoms with E-state index in [9.17, 15) is 0 Å². The van der Waals surface area contributed by atoms with Gasteiger partial charge in [0.1, 0.15) is 0 Å². The van der Waals surface area contributed by atoms with Crippen molar-refractivity contribution in [3.63, 3.8) is 0 Å². The van der Waals surface area contributed by atoms with E-state index in [1.54, 1.807) is 0 Å². The quantitative estimate of drug-likeness (QED) is 0.175. The second kappa shape index (κ2) is 20.9. The van der Waals surface area contributed by atoms with Gasteiger partial charge in [-0.1, -0.05) is 91.0 Å². The number of nitrogens with two attached hydrogens (primary N) is 3. The third-order valence-electron chi connectivity index (χ3n) is 4.86. The SMILES string of the molecule is ClCCl.NC1CC(N)CC(N)C1.[Cl-].[Cl-].[Ru+2].c1ccc(P(c2ccccc2)c2ccccc2)cc1. The molecule has 3 aromatic rings. The zero-order valence-corrected chi connectivity index (χ0v) is 24.4. The summed E-state index contributed by atoms with van der Waals surface area (Å²) in [6, 6.07) is 33.0. The minimum absolute atomic E-state index is 0. The molecule has 188 valence electrons. The van der Waals surface area contributed by atoms with E-state index in [4.69, 9.17) is 40.4 Å². The van der Waals surface area contributed by atoms with Crippen molar-refractivity contribution in [2.24, 2.45) is 17.2 Å². The molecule has 9 heteroatoms. The Labute approximate surface area is 240 Å². The first-order chi connectivity index (χ1) is 15.0. The molecule has 0 unspecified atom stereocenters. The maximum Gasteiger partial charge on any atom is 2.00 e. The number of hydrogen-bond donors (Lipinski definition) is 3. The second-order valence-electron chi connectivity index (χ2n) is 7.43. The van der Waals surface area contributed by atoms with Gasteiger partial charge in [-0.2, -0.15) is 0 Å². The summed E-state index contributed by atoms with van der Waals surface area (Å²) in [7, 11) is -0.446. The van der Waals surface area contributed by atoms with Gasteiger partial charge in [-0.15, -0.1) is 23.2 Å². The average Bonchev–Trinajstić information content (AvgIpc) is 2.76. The molecule has 0 atom stereocenters. The summed E-state index contributed by atoms with van der Waals surface area (Å²) < 4.78 is 0. The van der Waals surface area contributed by atoms with Crippen molar-refractivity contribution in [3.05, 3.63) is 91.0 Å². The van der Waals surface area contributed by atoms with Crippen LogP contribution in [0.25, 0.3) is 0 Å². The van der Waals surface area contributed by atoms with Gasteiger partial charge in [0.05, 0.1) is 5.34 Å². The molecule has 1 aliphatic carbocycles. The van der Waals surface area contributed by atoms with Crippen LogP contribution in [0.3, 0.4) is 0 Å². The largest absolute Gasteiger partial charge is 2.00 e. The Balaban J connectivity index is 0. The molecule has 0 aliphatic heterocycles. The number of halogens is 4. The van der Waals surface area contributed by atoms with E-state index in [1.807, 2.05) is 0 Å². The minimum Gasteiger partial charge on any atom is -1.00 e. The maximum atomic E-state index is 5.66. The van der Waals surface area contributed by atoms with Gasteiger partial charge in [0.15, 0.2) is 0 Å². The molecule has 1 fully saturated rings. The van der Waals surface area contributed by atoms with Crippen molar-refractivity contribution in [1.29, 1.82) is 0 Å². The molecule has 1 aliphatic rings. The summed E-state index contributed by atoms with van der Waals surface area (Å²) >= 11 is 9.53. The smallest absolute Gasteiger partial charge is 1.00 e. The van der Waals surface area contributed by atoms with E-state index < -0.39 is 7.92 Å². The van der Waals surface area contributed by atoms with Gasteiger partial charge < -0.3 is 42.0 Å². The molecule has 0 saturated heterocycles. The summed E-state index contributed by atoms with van der Waals surface area (Å²) in [6.45, 7) is 0. The first kappa shape index (κ1) is 35.9. The van der Waals surface area contributed by atoms with Crippen LogP contribution in [0.1, 0.15) is 19.3 Å². The van der Waals surface area contributed by atoms with Gasteiger partial charge in [-0.05, 0) is 43.1 Å². The van der Waals surface area contributed by atoms with Gasteiger partial charge in [0.2, 0.25) is 0 Å². The Morgan fingerprint density at radius 1 is 0.559 bits per heavy atom. The Morgan fingerprint density at radius 2 is 0.765 bits per heavy atom. The van der Waals surface area contributed by atoms with Crippen LogP contribution in [0.2, 0.25) is 0 Å². The van der Waals surface area contributed by atoms with E-state index in [1.165, 1.54) is 15.9 Å². The number of rotatable bonds is 3. The zero-order chi connectivity index (χ0) is 22.5. The molecule has 0 amide bonds. The van der Waals surface area contributed by atoms with Gasteiger partial charge in [-0.3, -0.25) is 0 Å². The molecular formula is C25H32Cl4N3PRu. The Bertz CT molecular complexity index is 732. The third-order valence-corrected chi connectivity index (χ3v) is 7.30. The molecule has 6 N–H and O–H groups in total. The third kappa shape index (κ3) is 13.2. The Morgan fingerprint density at radius 3 is 0.971 bits per heavy atom. The van der Waals surface area contributed by atoms with E-state index in [2.05, 4.69) is 91.0 Å². The van der Waals surface area contributed by atoms with Crippen molar-refractivity contribution >= 4 is 47.0 Å². The predicted octanol–water partition coefficient (Wildman–Crippen LogP) is -1.98. The maximum absolute atomic E-state index is 5.66. The fourth-order valence-electron chi connectivity index (χ4n) is 3.63. The molecule has 3 aromatic carbocycles. The van der Waals surface area contributed by atoms with Crippen LogP contribution in [-0.4, -0.2) is 23.5 Å². The molecule has 3 nitrogen and oxygen atoms in total. The van der Waals surface area contributed by atoms with E-state index >= 15 is 0 Å². The van der Waals surface area contributed by atoms with E-state index in [0.717, 1.165) is 19.3 Å². The molecule has 0 aromatic heterocycles. The Hall–Kier alpha value is -0.247. The normalized spacial score (nSPS) is 18.4. The molecule has 0 bridgehead atoms. The van der Waals surface area contributed by atoms with Crippen LogP contribution in [0.5, 0.6) is 0 Å². The van der Waals surface area contributed by atoms with Crippen molar-refractivity contribution in [3.8, 4) is 0 Å². The molecule has 0 spiro atoms. The van der Waals surface area contributed by atoms with Crippen LogP contribution in [0.4, 0.5) is 0 Å². The van der Waals surface area contributed by atoms with Crippen LogP contribution in [-0.2, 0) is 19.5 Å². The fraction of sp³-hybridized carbons (Fsp3) is 0.280. The van der Waals surface area contributed by atoms with Gasteiger partial charge >= 0.3 is 19.5 Å². The van der Waals surface area contributed by atoms with Gasteiger partial charge in [0.25, 0.3) is 0 Å². The molecule has 34 heavy (non-hydrogen) atoms. The van der Waals surface area contributed by atoms with Crippen molar-refractivity contribution in [2.45, 2.75) is 37.4 Å². The first-order valence-electron chi connectivity index (χ1n) is 10.4. The van der Waals surface area contributed by atoms with Crippen LogP contribution >= 0.6 is 31.1 Å². The molecule has 1 saturated carbocycles.